The fraction of sp³-hybridized carbons (Fsp3) is 0.526. The van der Waals surface area contributed by atoms with Crippen molar-refractivity contribution in [1.29, 1.82) is 0 Å². The summed E-state index contributed by atoms with van der Waals surface area (Å²) in [5.41, 5.74) is 2.54. The zero-order valence-corrected chi connectivity index (χ0v) is 13.2. The van der Waals surface area contributed by atoms with Gasteiger partial charge in [-0.3, -0.25) is 4.98 Å². The number of hydrogen-bond donors (Lipinski definition) is 1. The first-order valence-corrected chi connectivity index (χ1v) is 8.34. The van der Waals surface area contributed by atoms with Gasteiger partial charge < -0.3 is 5.32 Å². The summed E-state index contributed by atoms with van der Waals surface area (Å²) in [6.45, 7) is 2.33. The standard InChI is InChI=1S/C19H26N2/c1-3-14-7-4-9-16(13-14)18(20-2)17-11-5-8-15-10-6-12-21-19(15)17/h5-6,8,10-12,14,16,18,20H,3-4,7,9,13H2,1-2H3. The Kier molecular flexibility index (Phi) is 4.54. The van der Waals surface area contributed by atoms with E-state index in [1.165, 1.54) is 43.1 Å². The summed E-state index contributed by atoms with van der Waals surface area (Å²) in [6.07, 6.45) is 8.71. The Balaban J connectivity index is 1.94. The lowest BCUT2D eigenvalue weighted by Gasteiger charge is -2.34. The lowest BCUT2D eigenvalue weighted by molar-refractivity contribution is 0.215. The van der Waals surface area contributed by atoms with Gasteiger partial charge in [-0.2, -0.15) is 0 Å². The monoisotopic (exact) mass is 282 g/mol. The van der Waals surface area contributed by atoms with Gasteiger partial charge >= 0.3 is 0 Å². The smallest absolute Gasteiger partial charge is 0.0749 e. The van der Waals surface area contributed by atoms with Crippen molar-refractivity contribution in [2.45, 2.75) is 45.1 Å². The average molecular weight is 282 g/mol. The Morgan fingerprint density at radius 2 is 2.10 bits per heavy atom. The Hall–Kier alpha value is -1.41. The summed E-state index contributed by atoms with van der Waals surface area (Å²) in [6, 6.07) is 11.2. The van der Waals surface area contributed by atoms with E-state index in [-0.39, 0.29) is 0 Å². The van der Waals surface area contributed by atoms with Crippen molar-refractivity contribution in [3.05, 3.63) is 42.1 Å². The highest BCUT2D eigenvalue weighted by atomic mass is 14.9. The second-order valence-electron chi connectivity index (χ2n) is 6.39. The van der Waals surface area contributed by atoms with Crippen LogP contribution in [0.25, 0.3) is 10.9 Å². The minimum Gasteiger partial charge on any atom is -0.313 e. The van der Waals surface area contributed by atoms with Gasteiger partial charge in [-0.05, 0) is 43.4 Å². The molecule has 3 unspecified atom stereocenters. The van der Waals surface area contributed by atoms with Crippen LogP contribution in [0.15, 0.2) is 36.5 Å². The van der Waals surface area contributed by atoms with Crippen LogP contribution in [0.3, 0.4) is 0 Å². The molecule has 1 saturated carbocycles. The van der Waals surface area contributed by atoms with Crippen molar-refractivity contribution in [3.8, 4) is 0 Å². The van der Waals surface area contributed by atoms with E-state index >= 15 is 0 Å². The third-order valence-corrected chi connectivity index (χ3v) is 5.18. The van der Waals surface area contributed by atoms with Crippen LogP contribution in [0.5, 0.6) is 0 Å². The Labute approximate surface area is 128 Å². The number of pyridine rings is 1. The highest BCUT2D eigenvalue weighted by molar-refractivity contribution is 5.82. The molecular formula is C19H26N2. The van der Waals surface area contributed by atoms with E-state index in [1.807, 2.05) is 12.3 Å². The van der Waals surface area contributed by atoms with Gasteiger partial charge in [-0.15, -0.1) is 0 Å². The molecule has 0 bridgehead atoms. The molecule has 2 aromatic rings. The number of para-hydroxylation sites is 1. The quantitative estimate of drug-likeness (QED) is 0.878. The Morgan fingerprint density at radius 3 is 2.90 bits per heavy atom. The van der Waals surface area contributed by atoms with Crippen LogP contribution in [0.1, 0.15) is 50.6 Å². The van der Waals surface area contributed by atoms with E-state index in [2.05, 4.69) is 48.5 Å². The minimum absolute atomic E-state index is 0.429. The number of nitrogens with zero attached hydrogens (tertiary/aromatic N) is 1. The van der Waals surface area contributed by atoms with E-state index in [0.717, 1.165) is 17.4 Å². The maximum Gasteiger partial charge on any atom is 0.0749 e. The second kappa shape index (κ2) is 6.57. The van der Waals surface area contributed by atoms with Gasteiger partial charge in [-0.1, -0.05) is 50.5 Å². The first-order chi connectivity index (χ1) is 10.3. The molecule has 2 heteroatoms. The largest absolute Gasteiger partial charge is 0.313 e. The third-order valence-electron chi connectivity index (χ3n) is 5.18. The highest BCUT2D eigenvalue weighted by Crippen LogP contribution is 2.39. The Bertz CT molecular complexity index is 588. The van der Waals surface area contributed by atoms with E-state index < -0.39 is 0 Å². The van der Waals surface area contributed by atoms with E-state index in [4.69, 9.17) is 0 Å². The van der Waals surface area contributed by atoms with Gasteiger partial charge in [-0.25, -0.2) is 0 Å². The van der Waals surface area contributed by atoms with Crippen molar-refractivity contribution >= 4 is 10.9 Å². The van der Waals surface area contributed by atoms with Gasteiger partial charge in [0.15, 0.2) is 0 Å². The zero-order chi connectivity index (χ0) is 14.7. The van der Waals surface area contributed by atoms with Crippen molar-refractivity contribution in [1.82, 2.24) is 10.3 Å². The van der Waals surface area contributed by atoms with E-state index in [9.17, 15) is 0 Å². The molecule has 1 aliphatic rings. The van der Waals surface area contributed by atoms with E-state index in [0.29, 0.717) is 6.04 Å². The molecule has 112 valence electrons. The van der Waals surface area contributed by atoms with Crippen molar-refractivity contribution in [2.75, 3.05) is 7.05 Å². The van der Waals surface area contributed by atoms with Gasteiger partial charge in [0.05, 0.1) is 5.52 Å². The first kappa shape index (κ1) is 14.5. The van der Waals surface area contributed by atoms with Crippen LogP contribution in [0.4, 0.5) is 0 Å². The topological polar surface area (TPSA) is 24.9 Å². The molecule has 3 rings (SSSR count). The molecule has 2 nitrogen and oxygen atoms in total. The van der Waals surface area contributed by atoms with Crippen LogP contribution in [0, 0.1) is 11.8 Å². The first-order valence-electron chi connectivity index (χ1n) is 8.34. The summed E-state index contributed by atoms with van der Waals surface area (Å²) < 4.78 is 0. The normalized spacial score (nSPS) is 24.1. The Morgan fingerprint density at radius 1 is 1.24 bits per heavy atom. The molecule has 1 heterocycles. The average Bonchev–Trinajstić information content (AvgIpc) is 2.56. The fourth-order valence-corrected chi connectivity index (χ4v) is 4.03. The summed E-state index contributed by atoms with van der Waals surface area (Å²) in [7, 11) is 2.10. The summed E-state index contributed by atoms with van der Waals surface area (Å²) >= 11 is 0. The molecule has 21 heavy (non-hydrogen) atoms. The number of fused-ring (bicyclic) bond motifs is 1. The van der Waals surface area contributed by atoms with Crippen molar-refractivity contribution in [2.24, 2.45) is 11.8 Å². The molecular weight excluding hydrogens is 256 g/mol. The molecule has 1 aromatic heterocycles. The van der Waals surface area contributed by atoms with Crippen LogP contribution >= 0.6 is 0 Å². The molecule has 0 amide bonds. The van der Waals surface area contributed by atoms with Gasteiger partial charge in [0.1, 0.15) is 0 Å². The SMILES string of the molecule is CCC1CCCC(C(NC)c2cccc3cccnc23)C1. The molecule has 0 saturated heterocycles. The lowest BCUT2D eigenvalue weighted by Crippen LogP contribution is -2.29. The number of rotatable bonds is 4. The molecule has 0 radical (unpaired) electrons. The van der Waals surface area contributed by atoms with E-state index in [1.54, 1.807) is 0 Å². The summed E-state index contributed by atoms with van der Waals surface area (Å²) in [5.74, 6) is 1.64. The van der Waals surface area contributed by atoms with Crippen LogP contribution in [-0.4, -0.2) is 12.0 Å². The molecule has 0 spiro atoms. The molecule has 3 atom stereocenters. The maximum atomic E-state index is 4.64. The van der Waals surface area contributed by atoms with Crippen LogP contribution < -0.4 is 5.32 Å². The van der Waals surface area contributed by atoms with Crippen LogP contribution in [-0.2, 0) is 0 Å². The maximum absolute atomic E-state index is 4.64. The number of hydrogen-bond acceptors (Lipinski definition) is 2. The fourth-order valence-electron chi connectivity index (χ4n) is 4.03. The number of nitrogens with one attached hydrogen (secondary N) is 1. The van der Waals surface area contributed by atoms with Gasteiger partial charge in [0, 0.05) is 17.6 Å². The molecule has 0 aliphatic heterocycles. The van der Waals surface area contributed by atoms with Gasteiger partial charge in [0.25, 0.3) is 0 Å². The van der Waals surface area contributed by atoms with Crippen molar-refractivity contribution in [3.63, 3.8) is 0 Å². The summed E-state index contributed by atoms with van der Waals surface area (Å²) in [5, 5.41) is 4.83. The molecule has 1 N–H and O–H groups in total. The predicted octanol–water partition coefficient (Wildman–Crippen LogP) is 4.71. The third kappa shape index (κ3) is 2.96. The molecule has 1 fully saturated rings. The molecule has 1 aromatic carbocycles. The predicted molar refractivity (Wildman–Crippen MR) is 89.3 cm³/mol. The second-order valence-corrected chi connectivity index (χ2v) is 6.39. The number of benzene rings is 1. The van der Waals surface area contributed by atoms with Crippen molar-refractivity contribution < 1.29 is 0 Å². The molecule has 1 aliphatic carbocycles. The minimum atomic E-state index is 0.429. The highest BCUT2D eigenvalue weighted by Gasteiger charge is 2.28. The zero-order valence-electron chi connectivity index (χ0n) is 13.2. The van der Waals surface area contributed by atoms with Gasteiger partial charge in [0.2, 0.25) is 0 Å². The number of aromatic nitrogens is 1. The summed E-state index contributed by atoms with van der Waals surface area (Å²) in [4.78, 5) is 4.64. The van der Waals surface area contributed by atoms with Crippen LogP contribution in [0.2, 0.25) is 0 Å². The lowest BCUT2D eigenvalue weighted by atomic mass is 9.75.